The van der Waals surface area contributed by atoms with Crippen LogP contribution in [-0.2, 0) is 17.6 Å². The van der Waals surface area contributed by atoms with Gasteiger partial charge in [0, 0.05) is 17.9 Å². The summed E-state index contributed by atoms with van der Waals surface area (Å²) in [6.07, 6.45) is 3.55. The van der Waals surface area contributed by atoms with E-state index in [2.05, 4.69) is 0 Å². The molecule has 2 rings (SSSR count). The van der Waals surface area contributed by atoms with Crippen molar-refractivity contribution in [2.45, 2.75) is 12.8 Å². The fraction of sp³-hybridized carbons (Fsp3) is 0.154. The lowest BCUT2D eigenvalue weighted by molar-refractivity contribution is -0.117. The molecule has 88 valence electrons. The zero-order valence-electron chi connectivity index (χ0n) is 8.95. The van der Waals surface area contributed by atoms with Gasteiger partial charge in [0.05, 0.1) is 12.5 Å². The number of benzene rings is 1. The molecule has 1 aromatic heterocycles. The molecule has 0 unspecified atom stereocenters. The minimum atomic E-state index is -0.402. The standard InChI is InChI=1S/C13H10ClFO2/c14-13-7-11(15)2-1-10(13)6-12(16)5-9-3-4-17-8-9/h1-4,7-8H,5-6H2. The van der Waals surface area contributed by atoms with Crippen LogP contribution in [0.4, 0.5) is 4.39 Å². The summed E-state index contributed by atoms with van der Waals surface area (Å²) in [6.45, 7) is 0. The molecule has 0 saturated carbocycles. The number of ketones is 1. The van der Waals surface area contributed by atoms with E-state index in [0.717, 1.165) is 5.56 Å². The maximum atomic E-state index is 12.8. The fourth-order valence-corrected chi connectivity index (χ4v) is 1.79. The van der Waals surface area contributed by atoms with Crippen LogP contribution < -0.4 is 0 Å². The third-order valence-electron chi connectivity index (χ3n) is 2.38. The molecule has 0 aliphatic carbocycles. The number of Topliss-reactive ketones (excluding diaryl/α,β-unsaturated/α-hetero) is 1. The minimum absolute atomic E-state index is 0.0138. The predicted octanol–water partition coefficient (Wildman–Crippen LogP) is 3.43. The third kappa shape index (κ3) is 3.17. The summed E-state index contributed by atoms with van der Waals surface area (Å²) < 4.78 is 17.7. The van der Waals surface area contributed by atoms with E-state index in [0.29, 0.717) is 12.0 Å². The molecule has 1 heterocycles. The molecule has 2 nitrogen and oxygen atoms in total. The Morgan fingerprint density at radius 3 is 2.76 bits per heavy atom. The Morgan fingerprint density at radius 2 is 2.12 bits per heavy atom. The predicted molar refractivity (Wildman–Crippen MR) is 62.5 cm³/mol. The number of hydrogen-bond acceptors (Lipinski definition) is 2. The Morgan fingerprint density at radius 1 is 1.29 bits per heavy atom. The van der Waals surface area contributed by atoms with Gasteiger partial charge in [-0.05, 0) is 29.3 Å². The van der Waals surface area contributed by atoms with Gasteiger partial charge in [0.25, 0.3) is 0 Å². The fourth-order valence-electron chi connectivity index (χ4n) is 1.56. The average Bonchev–Trinajstić information content (AvgIpc) is 2.75. The summed E-state index contributed by atoms with van der Waals surface area (Å²) in [7, 11) is 0. The van der Waals surface area contributed by atoms with E-state index in [1.165, 1.54) is 30.7 Å². The van der Waals surface area contributed by atoms with Crippen LogP contribution in [0.3, 0.4) is 0 Å². The zero-order chi connectivity index (χ0) is 12.3. The van der Waals surface area contributed by atoms with E-state index in [4.69, 9.17) is 16.0 Å². The molecule has 0 radical (unpaired) electrons. The molecule has 0 atom stereocenters. The monoisotopic (exact) mass is 252 g/mol. The van der Waals surface area contributed by atoms with Crippen LogP contribution in [0.25, 0.3) is 0 Å². The number of hydrogen-bond donors (Lipinski definition) is 0. The number of carbonyl (C=O) groups is 1. The maximum Gasteiger partial charge on any atom is 0.141 e. The van der Waals surface area contributed by atoms with Crippen molar-refractivity contribution >= 4 is 17.4 Å². The first-order chi connectivity index (χ1) is 8.15. The summed E-state index contributed by atoms with van der Waals surface area (Å²) >= 11 is 5.84. The van der Waals surface area contributed by atoms with Gasteiger partial charge in [-0.3, -0.25) is 4.79 Å². The van der Waals surface area contributed by atoms with E-state index in [-0.39, 0.29) is 17.2 Å². The van der Waals surface area contributed by atoms with Gasteiger partial charge in [0.15, 0.2) is 0 Å². The summed E-state index contributed by atoms with van der Waals surface area (Å²) in [5, 5.41) is 0.283. The number of carbonyl (C=O) groups excluding carboxylic acids is 1. The van der Waals surface area contributed by atoms with Crippen LogP contribution in [0.1, 0.15) is 11.1 Å². The quantitative estimate of drug-likeness (QED) is 0.835. The molecule has 4 heteroatoms. The Labute approximate surface area is 103 Å². The topological polar surface area (TPSA) is 30.2 Å². The van der Waals surface area contributed by atoms with Gasteiger partial charge < -0.3 is 4.42 Å². The Kier molecular flexibility index (Phi) is 3.59. The summed E-state index contributed by atoms with van der Waals surface area (Å²) in [5.41, 5.74) is 1.47. The Bertz CT molecular complexity index is 520. The van der Waals surface area contributed by atoms with Crippen molar-refractivity contribution in [3.63, 3.8) is 0 Å². The van der Waals surface area contributed by atoms with Gasteiger partial charge in [-0.2, -0.15) is 0 Å². The van der Waals surface area contributed by atoms with Crippen molar-refractivity contribution < 1.29 is 13.6 Å². The van der Waals surface area contributed by atoms with Crippen LogP contribution in [-0.4, -0.2) is 5.78 Å². The first-order valence-corrected chi connectivity index (χ1v) is 5.49. The van der Waals surface area contributed by atoms with E-state index in [9.17, 15) is 9.18 Å². The molecule has 0 amide bonds. The lowest BCUT2D eigenvalue weighted by Gasteiger charge is -2.03. The summed E-state index contributed by atoms with van der Waals surface area (Å²) in [6, 6.07) is 5.78. The molecular formula is C13H10ClFO2. The van der Waals surface area contributed by atoms with Crippen LogP contribution in [0, 0.1) is 5.82 Å². The maximum absolute atomic E-state index is 12.8. The second-order valence-electron chi connectivity index (χ2n) is 3.76. The second kappa shape index (κ2) is 5.15. The van der Waals surface area contributed by atoms with Crippen LogP contribution in [0.5, 0.6) is 0 Å². The molecule has 1 aromatic carbocycles. The van der Waals surface area contributed by atoms with E-state index < -0.39 is 5.82 Å². The van der Waals surface area contributed by atoms with Gasteiger partial charge in [-0.15, -0.1) is 0 Å². The van der Waals surface area contributed by atoms with E-state index in [1.807, 2.05) is 0 Å². The Balaban J connectivity index is 2.03. The smallest absolute Gasteiger partial charge is 0.141 e. The molecule has 17 heavy (non-hydrogen) atoms. The van der Waals surface area contributed by atoms with Gasteiger partial charge in [-0.25, -0.2) is 4.39 Å². The molecule has 0 aliphatic heterocycles. The number of halogens is 2. The van der Waals surface area contributed by atoms with Crippen molar-refractivity contribution in [3.05, 3.63) is 58.8 Å². The van der Waals surface area contributed by atoms with Crippen molar-refractivity contribution in [1.29, 1.82) is 0 Å². The highest BCUT2D eigenvalue weighted by molar-refractivity contribution is 6.31. The molecule has 0 saturated heterocycles. The molecule has 0 bridgehead atoms. The van der Waals surface area contributed by atoms with Crippen LogP contribution in [0.15, 0.2) is 41.2 Å². The largest absolute Gasteiger partial charge is 0.472 e. The van der Waals surface area contributed by atoms with Gasteiger partial charge in [0.1, 0.15) is 11.6 Å². The zero-order valence-corrected chi connectivity index (χ0v) is 9.71. The normalized spacial score (nSPS) is 10.5. The van der Waals surface area contributed by atoms with Crippen LogP contribution in [0.2, 0.25) is 5.02 Å². The highest BCUT2D eigenvalue weighted by Crippen LogP contribution is 2.18. The highest BCUT2D eigenvalue weighted by atomic mass is 35.5. The van der Waals surface area contributed by atoms with Crippen molar-refractivity contribution in [1.82, 2.24) is 0 Å². The van der Waals surface area contributed by atoms with Crippen molar-refractivity contribution in [2.75, 3.05) is 0 Å². The average molecular weight is 253 g/mol. The van der Waals surface area contributed by atoms with Crippen molar-refractivity contribution in [3.8, 4) is 0 Å². The third-order valence-corrected chi connectivity index (χ3v) is 2.74. The molecule has 0 N–H and O–H groups in total. The second-order valence-corrected chi connectivity index (χ2v) is 4.17. The summed E-state index contributed by atoms with van der Waals surface area (Å²) in [5.74, 6) is -0.388. The summed E-state index contributed by atoms with van der Waals surface area (Å²) in [4.78, 5) is 11.7. The first-order valence-electron chi connectivity index (χ1n) is 5.12. The SMILES string of the molecule is O=C(Cc1ccoc1)Cc1ccc(F)cc1Cl. The lowest BCUT2D eigenvalue weighted by Crippen LogP contribution is -2.06. The highest BCUT2D eigenvalue weighted by Gasteiger charge is 2.09. The minimum Gasteiger partial charge on any atom is -0.472 e. The number of rotatable bonds is 4. The lowest BCUT2D eigenvalue weighted by atomic mass is 10.0. The molecule has 0 spiro atoms. The molecular weight excluding hydrogens is 243 g/mol. The molecule has 0 aliphatic rings. The van der Waals surface area contributed by atoms with E-state index >= 15 is 0 Å². The number of furan rings is 1. The molecule has 2 aromatic rings. The van der Waals surface area contributed by atoms with Gasteiger partial charge in [0.2, 0.25) is 0 Å². The Hall–Kier alpha value is -1.61. The van der Waals surface area contributed by atoms with Crippen molar-refractivity contribution in [2.24, 2.45) is 0 Å². The molecule has 0 fully saturated rings. The van der Waals surface area contributed by atoms with Gasteiger partial charge >= 0.3 is 0 Å². The van der Waals surface area contributed by atoms with E-state index in [1.54, 1.807) is 6.07 Å². The van der Waals surface area contributed by atoms with Gasteiger partial charge in [-0.1, -0.05) is 17.7 Å². The van der Waals surface area contributed by atoms with Crippen LogP contribution >= 0.6 is 11.6 Å². The first kappa shape index (κ1) is 11.9.